The number of phenols is 1. The van der Waals surface area contributed by atoms with E-state index in [4.69, 9.17) is 0 Å². The average Bonchev–Trinajstić information content (AvgIpc) is 3.07. The Kier molecular flexibility index (Phi) is 4.91. The molecule has 0 atom stereocenters. The van der Waals surface area contributed by atoms with Gasteiger partial charge in [0.05, 0.1) is 16.5 Å². The lowest BCUT2D eigenvalue weighted by atomic mass is 9.97. The number of aromatic nitrogens is 2. The second kappa shape index (κ2) is 7.40. The summed E-state index contributed by atoms with van der Waals surface area (Å²) in [7, 11) is 0. The molecule has 0 radical (unpaired) electrons. The molecule has 0 unspecified atom stereocenters. The van der Waals surface area contributed by atoms with Crippen LogP contribution in [0.2, 0.25) is 0 Å². The summed E-state index contributed by atoms with van der Waals surface area (Å²) < 4.78 is 1.25. The van der Waals surface area contributed by atoms with Crippen LogP contribution in [-0.4, -0.2) is 25.9 Å². The first-order chi connectivity index (χ1) is 13.9. The second-order valence-corrected chi connectivity index (χ2v) is 8.20. The molecule has 0 spiro atoms. The van der Waals surface area contributed by atoms with E-state index in [1.54, 1.807) is 24.3 Å². The van der Waals surface area contributed by atoms with Crippen LogP contribution >= 0.6 is 11.3 Å². The Morgan fingerprint density at radius 3 is 2.86 bits per heavy atom. The first kappa shape index (κ1) is 19.3. The standard InChI is InChI=1S/C20H20N4O4S/c1-3-16-22-19-17(13-6-4-5-7-15(13)29-19)20(26)23(16)21-10-12-8-11(2)9-14(18(12)25)24(27)28/h8-10,25H,3-7H2,1-2H3/b21-10-. The van der Waals surface area contributed by atoms with Gasteiger partial charge in [-0.1, -0.05) is 6.92 Å². The second-order valence-electron chi connectivity index (χ2n) is 7.11. The summed E-state index contributed by atoms with van der Waals surface area (Å²) in [5.74, 6) is 0.0383. The molecule has 9 heteroatoms. The molecule has 0 fully saturated rings. The minimum absolute atomic E-state index is 0.179. The zero-order valence-corrected chi connectivity index (χ0v) is 17.0. The van der Waals surface area contributed by atoms with Crippen molar-refractivity contribution in [1.82, 2.24) is 9.66 Å². The molecule has 2 heterocycles. The van der Waals surface area contributed by atoms with Gasteiger partial charge in [-0.3, -0.25) is 14.9 Å². The molecule has 0 saturated carbocycles. The highest BCUT2D eigenvalue weighted by Gasteiger charge is 2.22. The van der Waals surface area contributed by atoms with E-state index >= 15 is 0 Å². The SMILES string of the molecule is CCc1nc2sc3c(c2c(=O)n1/N=C\c1cc(C)cc([N+](=O)[O-])c1O)CCCC3. The fraction of sp³-hybridized carbons (Fsp3) is 0.350. The van der Waals surface area contributed by atoms with Gasteiger partial charge in [0.1, 0.15) is 10.7 Å². The van der Waals surface area contributed by atoms with Crippen LogP contribution < -0.4 is 5.56 Å². The molecule has 0 aliphatic heterocycles. The van der Waals surface area contributed by atoms with Crippen LogP contribution in [-0.2, 0) is 19.3 Å². The summed E-state index contributed by atoms with van der Waals surface area (Å²) in [6, 6.07) is 2.88. The first-order valence-corrected chi connectivity index (χ1v) is 10.3. The van der Waals surface area contributed by atoms with Crippen molar-refractivity contribution in [1.29, 1.82) is 0 Å². The maximum atomic E-state index is 13.2. The van der Waals surface area contributed by atoms with Crippen molar-refractivity contribution in [2.75, 3.05) is 0 Å². The number of phenolic OH excluding ortho intramolecular Hbond substituents is 1. The third-order valence-electron chi connectivity index (χ3n) is 5.12. The molecule has 8 nitrogen and oxygen atoms in total. The number of nitro benzene ring substituents is 1. The number of hydrogen-bond donors (Lipinski definition) is 1. The summed E-state index contributed by atoms with van der Waals surface area (Å²) in [5.41, 5.74) is 1.24. The van der Waals surface area contributed by atoms with Crippen LogP contribution in [0.4, 0.5) is 5.69 Å². The van der Waals surface area contributed by atoms with Gasteiger partial charge < -0.3 is 5.11 Å². The number of fused-ring (bicyclic) bond motifs is 3. The molecule has 29 heavy (non-hydrogen) atoms. The van der Waals surface area contributed by atoms with Gasteiger partial charge in [-0.05, 0) is 49.8 Å². The van der Waals surface area contributed by atoms with E-state index in [1.165, 1.54) is 21.8 Å². The van der Waals surface area contributed by atoms with Crippen LogP contribution in [0, 0.1) is 17.0 Å². The van der Waals surface area contributed by atoms with Gasteiger partial charge in [-0.15, -0.1) is 11.3 Å². The van der Waals surface area contributed by atoms with Crippen molar-refractivity contribution in [2.45, 2.75) is 46.0 Å². The topological polar surface area (TPSA) is 111 Å². The van der Waals surface area contributed by atoms with Gasteiger partial charge >= 0.3 is 5.69 Å². The smallest absolute Gasteiger partial charge is 0.311 e. The number of benzene rings is 1. The van der Waals surface area contributed by atoms with Crippen molar-refractivity contribution in [3.8, 4) is 5.75 Å². The molecule has 1 aliphatic carbocycles. The largest absolute Gasteiger partial charge is 0.502 e. The minimum Gasteiger partial charge on any atom is -0.502 e. The van der Waals surface area contributed by atoms with Gasteiger partial charge in [-0.25, -0.2) is 4.98 Å². The average molecular weight is 412 g/mol. The first-order valence-electron chi connectivity index (χ1n) is 9.49. The highest BCUT2D eigenvalue weighted by Crippen LogP contribution is 2.34. The Hall–Kier alpha value is -3.07. The number of hydrogen-bond acceptors (Lipinski definition) is 7. The zero-order chi connectivity index (χ0) is 20.7. The van der Waals surface area contributed by atoms with Crippen LogP contribution in [0.3, 0.4) is 0 Å². The molecule has 2 aromatic heterocycles. The summed E-state index contributed by atoms with van der Waals surface area (Å²) >= 11 is 1.58. The van der Waals surface area contributed by atoms with E-state index in [2.05, 4.69) is 10.1 Å². The van der Waals surface area contributed by atoms with E-state index in [0.717, 1.165) is 36.1 Å². The lowest BCUT2D eigenvalue weighted by Gasteiger charge is -2.10. The summed E-state index contributed by atoms with van der Waals surface area (Å²) in [4.78, 5) is 30.4. The number of aromatic hydroxyl groups is 1. The summed E-state index contributed by atoms with van der Waals surface area (Å²) in [6.45, 7) is 3.58. The molecular weight excluding hydrogens is 392 g/mol. The van der Waals surface area contributed by atoms with Crippen molar-refractivity contribution < 1.29 is 10.0 Å². The van der Waals surface area contributed by atoms with Crippen molar-refractivity contribution >= 4 is 33.5 Å². The number of nitrogens with zero attached hydrogens (tertiary/aromatic N) is 4. The molecule has 1 N–H and O–H groups in total. The lowest BCUT2D eigenvalue weighted by Crippen LogP contribution is -2.22. The van der Waals surface area contributed by atoms with E-state index in [1.807, 2.05) is 6.92 Å². The molecule has 0 bridgehead atoms. The van der Waals surface area contributed by atoms with Gasteiger partial charge in [0.25, 0.3) is 5.56 Å². The van der Waals surface area contributed by atoms with Gasteiger partial charge in [0, 0.05) is 22.9 Å². The number of thiophene rings is 1. The van der Waals surface area contributed by atoms with Crippen molar-refractivity contribution in [2.24, 2.45) is 5.10 Å². The highest BCUT2D eigenvalue weighted by molar-refractivity contribution is 7.18. The Morgan fingerprint density at radius 1 is 1.38 bits per heavy atom. The molecule has 0 amide bonds. The van der Waals surface area contributed by atoms with Crippen LogP contribution in [0.15, 0.2) is 22.0 Å². The fourth-order valence-corrected chi connectivity index (χ4v) is 5.00. The molecule has 150 valence electrons. The van der Waals surface area contributed by atoms with Crippen LogP contribution in [0.1, 0.15) is 47.2 Å². The predicted molar refractivity (Wildman–Crippen MR) is 112 cm³/mol. The molecule has 1 aliphatic rings. The van der Waals surface area contributed by atoms with Crippen LogP contribution in [0.5, 0.6) is 5.75 Å². The van der Waals surface area contributed by atoms with Crippen LogP contribution in [0.25, 0.3) is 10.2 Å². The number of aryl methyl sites for hydroxylation is 4. The fourth-order valence-electron chi connectivity index (χ4n) is 3.73. The number of nitro groups is 1. The minimum atomic E-state index is -0.644. The van der Waals surface area contributed by atoms with Crippen molar-refractivity contribution in [3.63, 3.8) is 0 Å². The molecule has 1 aromatic carbocycles. The zero-order valence-electron chi connectivity index (χ0n) is 16.1. The van der Waals surface area contributed by atoms with E-state index in [9.17, 15) is 20.0 Å². The maximum Gasteiger partial charge on any atom is 0.311 e. The normalized spacial score (nSPS) is 13.9. The van der Waals surface area contributed by atoms with Crippen molar-refractivity contribution in [3.05, 3.63) is 60.0 Å². The Bertz CT molecular complexity index is 1230. The monoisotopic (exact) mass is 412 g/mol. The van der Waals surface area contributed by atoms with Gasteiger partial charge in [-0.2, -0.15) is 9.78 Å². The summed E-state index contributed by atoms with van der Waals surface area (Å²) in [6.07, 6.45) is 5.80. The Morgan fingerprint density at radius 2 is 2.14 bits per heavy atom. The van der Waals surface area contributed by atoms with Gasteiger partial charge in [0.2, 0.25) is 5.75 Å². The van der Waals surface area contributed by atoms with E-state index in [-0.39, 0.29) is 11.1 Å². The predicted octanol–water partition coefficient (Wildman–Crippen LogP) is 3.70. The number of rotatable bonds is 4. The molecule has 3 aromatic rings. The third kappa shape index (κ3) is 3.31. The van der Waals surface area contributed by atoms with Gasteiger partial charge in [0.15, 0.2) is 0 Å². The summed E-state index contributed by atoms with van der Waals surface area (Å²) in [5, 5.41) is 26.3. The molecular formula is C20H20N4O4S. The maximum absolute atomic E-state index is 13.2. The lowest BCUT2D eigenvalue weighted by molar-refractivity contribution is -0.385. The quantitative estimate of drug-likeness (QED) is 0.399. The Balaban J connectivity index is 1.88. The van der Waals surface area contributed by atoms with E-state index < -0.39 is 16.4 Å². The third-order valence-corrected chi connectivity index (χ3v) is 6.31. The Labute approximate surface area is 170 Å². The molecule has 0 saturated heterocycles. The van der Waals surface area contributed by atoms with E-state index in [0.29, 0.717) is 23.2 Å². The highest BCUT2D eigenvalue weighted by atomic mass is 32.1. The molecule has 4 rings (SSSR count).